The lowest BCUT2D eigenvalue weighted by Gasteiger charge is -2.30. The van der Waals surface area contributed by atoms with Crippen LogP contribution in [0.5, 0.6) is 0 Å². The smallest absolute Gasteiger partial charge is 0.255 e. The molecule has 2 aliphatic rings. The van der Waals surface area contributed by atoms with Crippen molar-refractivity contribution in [3.63, 3.8) is 0 Å². The van der Waals surface area contributed by atoms with E-state index in [9.17, 15) is 9.59 Å². The topological polar surface area (TPSA) is 61.9 Å². The zero-order valence-corrected chi connectivity index (χ0v) is 19.7. The summed E-state index contributed by atoms with van der Waals surface area (Å²) in [5, 5.41) is 3.72. The third kappa shape index (κ3) is 6.04. The van der Waals surface area contributed by atoms with Crippen LogP contribution in [0.3, 0.4) is 0 Å². The molecule has 2 aliphatic heterocycles. The summed E-state index contributed by atoms with van der Waals surface area (Å²) in [6, 6.07) is 4.37. The summed E-state index contributed by atoms with van der Waals surface area (Å²) in [5.41, 5.74) is 0.451. The van der Waals surface area contributed by atoms with Gasteiger partial charge in [0.1, 0.15) is 6.04 Å². The van der Waals surface area contributed by atoms with Crippen LogP contribution in [0.4, 0.5) is 0 Å². The van der Waals surface area contributed by atoms with Crippen LogP contribution in [0, 0.1) is 5.92 Å². The molecular formula is C21H29Cl2N3O3S. The van der Waals surface area contributed by atoms with E-state index >= 15 is 0 Å². The summed E-state index contributed by atoms with van der Waals surface area (Å²) in [6.45, 7) is 8.82. The number of halogens is 2. The average molecular weight is 474 g/mol. The molecule has 1 aromatic carbocycles. The Hall–Kier alpha value is -0.990. The molecule has 2 atom stereocenters. The highest BCUT2D eigenvalue weighted by molar-refractivity contribution is 8.00. The number of rotatable bonds is 7. The molecule has 0 bridgehead atoms. The molecule has 0 spiro atoms. The number of benzene rings is 1. The second-order valence-electron chi connectivity index (χ2n) is 8.02. The normalized spacial score (nSPS) is 22.5. The minimum atomic E-state index is -0.495. The van der Waals surface area contributed by atoms with Crippen LogP contribution in [0.2, 0.25) is 10.0 Å². The highest BCUT2D eigenvalue weighted by Crippen LogP contribution is 2.35. The van der Waals surface area contributed by atoms with Crippen molar-refractivity contribution in [1.82, 2.24) is 15.1 Å². The van der Waals surface area contributed by atoms with E-state index in [1.165, 1.54) is 0 Å². The van der Waals surface area contributed by atoms with Gasteiger partial charge in [-0.15, -0.1) is 11.8 Å². The third-order valence-corrected chi connectivity index (χ3v) is 7.35. The van der Waals surface area contributed by atoms with Gasteiger partial charge < -0.3 is 15.0 Å². The summed E-state index contributed by atoms with van der Waals surface area (Å²) in [6.07, 6.45) is 0.829. The highest BCUT2D eigenvalue weighted by atomic mass is 35.5. The number of amides is 2. The first-order chi connectivity index (χ1) is 14.4. The van der Waals surface area contributed by atoms with Crippen LogP contribution in [-0.4, -0.2) is 78.2 Å². The van der Waals surface area contributed by atoms with E-state index in [0.717, 1.165) is 39.3 Å². The predicted molar refractivity (Wildman–Crippen MR) is 122 cm³/mol. The molecule has 9 heteroatoms. The fourth-order valence-corrected chi connectivity index (χ4v) is 5.62. The van der Waals surface area contributed by atoms with Crippen molar-refractivity contribution < 1.29 is 14.3 Å². The lowest BCUT2D eigenvalue weighted by molar-refractivity contribution is -0.125. The minimum absolute atomic E-state index is 0.0399. The van der Waals surface area contributed by atoms with Crippen molar-refractivity contribution in [3.05, 3.63) is 33.8 Å². The maximum atomic E-state index is 13.3. The summed E-state index contributed by atoms with van der Waals surface area (Å²) in [5.74, 6) is 0.719. The van der Waals surface area contributed by atoms with Gasteiger partial charge in [0.05, 0.1) is 28.6 Å². The number of nitrogens with zero attached hydrogens (tertiary/aromatic N) is 2. The molecule has 1 N–H and O–H groups in total. The Morgan fingerprint density at radius 1 is 1.23 bits per heavy atom. The molecule has 0 aliphatic carbocycles. The molecule has 6 nitrogen and oxygen atoms in total. The van der Waals surface area contributed by atoms with Gasteiger partial charge in [-0.3, -0.25) is 14.5 Å². The highest BCUT2D eigenvalue weighted by Gasteiger charge is 2.42. The molecule has 2 saturated heterocycles. The van der Waals surface area contributed by atoms with Crippen LogP contribution < -0.4 is 5.32 Å². The minimum Gasteiger partial charge on any atom is -0.379 e. The van der Waals surface area contributed by atoms with E-state index < -0.39 is 6.04 Å². The Bertz CT molecular complexity index is 759. The van der Waals surface area contributed by atoms with Gasteiger partial charge in [0, 0.05) is 37.5 Å². The first kappa shape index (κ1) is 23.7. The number of hydrogen-bond donors (Lipinski definition) is 1. The SMILES string of the molecule is CC(C)CC1SCC(C(=O)NCCN2CCOCC2)N1C(=O)c1ccc(Cl)c(Cl)c1. The Morgan fingerprint density at radius 2 is 1.97 bits per heavy atom. The van der Waals surface area contributed by atoms with Gasteiger partial charge in [0.15, 0.2) is 0 Å². The maximum absolute atomic E-state index is 13.3. The first-order valence-electron chi connectivity index (χ1n) is 10.3. The third-order valence-electron chi connectivity index (χ3n) is 5.30. The lowest BCUT2D eigenvalue weighted by atomic mass is 10.1. The molecule has 166 valence electrons. The van der Waals surface area contributed by atoms with Crippen LogP contribution in [0.15, 0.2) is 18.2 Å². The van der Waals surface area contributed by atoms with Crippen molar-refractivity contribution in [3.8, 4) is 0 Å². The number of thioether (sulfide) groups is 1. The standard InChI is InChI=1S/C21H29Cl2N3O3S/c1-14(2)11-19-26(21(28)15-3-4-16(22)17(23)12-15)18(13-30-19)20(27)24-5-6-25-7-9-29-10-8-25/h3-4,12,14,18-19H,5-11,13H2,1-2H3,(H,24,27). The summed E-state index contributed by atoms with van der Waals surface area (Å²) in [7, 11) is 0. The zero-order chi connectivity index (χ0) is 21.7. The van der Waals surface area contributed by atoms with Gasteiger partial charge in [-0.25, -0.2) is 0 Å². The first-order valence-corrected chi connectivity index (χ1v) is 12.1. The molecule has 2 fully saturated rings. The Morgan fingerprint density at radius 3 is 2.63 bits per heavy atom. The Balaban J connectivity index is 1.68. The van der Waals surface area contributed by atoms with Gasteiger partial charge in [-0.2, -0.15) is 0 Å². The number of hydrogen-bond acceptors (Lipinski definition) is 5. The monoisotopic (exact) mass is 473 g/mol. The second-order valence-corrected chi connectivity index (χ2v) is 10.0. The van der Waals surface area contributed by atoms with E-state index in [1.807, 2.05) is 0 Å². The van der Waals surface area contributed by atoms with Crippen molar-refractivity contribution in [2.24, 2.45) is 5.92 Å². The molecule has 0 aromatic heterocycles. The fraction of sp³-hybridized carbons (Fsp3) is 0.619. The molecule has 30 heavy (non-hydrogen) atoms. The van der Waals surface area contributed by atoms with E-state index in [1.54, 1.807) is 34.9 Å². The summed E-state index contributed by atoms with van der Waals surface area (Å²) in [4.78, 5) is 30.3. The fourth-order valence-electron chi connectivity index (χ4n) is 3.68. The number of nitrogens with one attached hydrogen (secondary N) is 1. The molecule has 1 aromatic rings. The van der Waals surface area contributed by atoms with Gasteiger partial charge in [0.2, 0.25) is 5.91 Å². The predicted octanol–water partition coefficient (Wildman–Crippen LogP) is 3.37. The molecular weight excluding hydrogens is 445 g/mol. The number of carbonyl (C=O) groups excluding carboxylic acids is 2. The lowest BCUT2D eigenvalue weighted by Crippen LogP contribution is -2.51. The molecule has 2 heterocycles. The molecule has 0 radical (unpaired) electrons. The summed E-state index contributed by atoms with van der Waals surface area (Å²) < 4.78 is 5.36. The largest absolute Gasteiger partial charge is 0.379 e. The van der Waals surface area contributed by atoms with E-state index in [4.69, 9.17) is 27.9 Å². The average Bonchev–Trinajstić information content (AvgIpc) is 3.13. The maximum Gasteiger partial charge on any atom is 0.255 e. The van der Waals surface area contributed by atoms with Crippen molar-refractivity contribution in [1.29, 1.82) is 0 Å². The van der Waals surface area contributed by atoms with Crippen molar-refractivity contribution in [2.45, 2.75) is 31.7 Å². The Kier molecular flexibility index (Phi) is 8.72. The Labute approximate surface area is 192 Å². The van der Waals surface area contributed by atoms with Gasteiger partial charge in [-0.1, -0.05) is 37.0 Å². The zero-order valence-electron chi connectivity index (χ0n) is 17.4. The van der Waals surface area contributed by atoms with E-state index in [-0.39, 0.29) is 17.2 Å². The van der Waals surface area contributed by atoms with Crippen LogP contribution in [-0.2, 0) is 9.53 Å². The van der Waals surface area contributed by atoms with Crippen molar-refractivity contribution in [2.75, 3.05) is 45.1 Å². The van der Waals surface area contributed by atoms with Crippen LogP contribution in [0.25, 0.3) is 0 Å². The quantitative estimate of drug-likeness (QED) is 0.657. The van der Waals surface area contributed by atoms with Gasteiger partial charge >= 0.3 is 0 Å². The second kappa shape index (κ2) is 11.0. The molecule has 2 amide bonds. The molecule has 0 saturated carbocycles. The van der Waals surface area contributed by atoms with Gasteiger partial charge in [0.25, 0.3) is 5.91 Å². The number of carbonyl (C=O) groups is 2. The number of morpholine rings is 1. The number of ether oxygens (including phenoxy) is 1. The molecule has 2 unspecified atom stereocenters. The van der Waals surface area contributed by atoms with Crippen LogP contribution in [0.1, 0.15) is 30.6 Å². The molecule has 3 rings (SSSR count). The van der Waals surface area contributed by atoms with Crippen LogP contribution >= 0.6 is 35.0 Å². The van der Waals surface area contributed by atoms with Crippen molar-refractivity contribution >= 4 is 46.8 Å². The van der Waals surface area contributed by atoms with Gasteiger partial charge in [-0.05, 0) is 30.5 Å². The van der Waals surface area contributed by atoms with E-state index in [2.05, 4.69) is 24.1 Å². The van der Waals surface area contributed by atoms with E-state index in [0.29, 0.717) is 33.8 Å². The summed E-state index contributed by atoms with van der Waals surface area (Å²) >= 11 is 13.8.